The van der Waals surface area contributed by atoms with Crippen molar-refractivity contribution in [2.75, 3.05) is 11.9 Å². The average molecular weight is 424 g/mol. The molecule has 1 N–H and O–H groups in total. The van der Waals surface area contributed by atoms with Crippen molar-refractivity contribution in [2.45, 2.75) is 0 Å². The largest absolute Gasteiger partial charge is 0.298 e. The molecule has 1 aliphatic rings. The number of hydrogen-bond donors (Lipinski definition) is 1. The molecule has 0 unspecified atom stereocenters. The molecular formula is C21H14ClN3O3S. The van der Waals surface area contributed by atoms with Gasteiger partial charge in [-0.05, 0) is 24.3 Å². The third-order valence-corrected chi connectivity index (χ3v) is 5.51. The molecule has 0 radical (unpaired) electrons. The summed E-state index contributed by atoms with van der Waals surface area (Å²) in [6.45, 7) is 3.68. The lowest BCUT2D eigenvalue weighted by Gasteiger charge is -2.09. The number of nitrogens with one attached hydrogen (secondary N) is 1. The molecule has 1 aliphatic heterocycles. The number of imide groups is 1. The average Bonchev–Trinajstić information content (AvgIpc) is 3.27. The topological polar surface area (TPSA) is 79.4 Å². The summed E-state index contributed by atoms with van der Waals surface area (Å²) in [6, 6.07) is 11.7. The lowest BCUT2D eigenvalue weighted by molar-refractivity contribution is 0.0672. The van der Waals surface area contributed by atoms with Crippen molar-refractivity contribution < 1.29 is 14.4 Å². The highest BCUT2D eigenvalue weighted by Crippen LogP contribution is 2.30. The minimum absolute atomic E-state index is 0.123. The van der Waals surface area contributed by atoms with Crippen LogP contribution in [0, 0.1) is 0 Å². The summed E-state index contributed by atoms with van der Waals surface area (Å²) in [6.07, 6.45) is 1.48. The zero-order valence-electron chi connectivity index (χ0n) is 15.0. The summed E-state index contributed by atoms with van der Waals surface area (Å²) < 4.78 is 0. The van der Waals surface area contributed by atoms with Crippen LogP contribution in [0.2, 0.25) is 5.02 Å². The van der Waals surface area contributed by atoms with E-state index >= 15 is 0 Å². The Morgan fingerprint density at radius 3 is 2.66 bits per heavy atom. The first-order valence-electron chi connectivity index (χ1n) is 8.62. The molecule has 0 fully saturated rings. The number of benzene rings is 2. The second-order valence-corrected chi connectivity index (χ2v) is 7.51. The minimum atomic E-state index is -0.435. The minimum Gasteiger partial charge on any atom is -0.298 e. The van der Waals surface area contributed by atoms with Crippen LogP contribution in [0.3, 0.4) is 0 Å². The highest BCUT2D eigenvalue weighted by atomic mass is 35.5. The first-order valence-corrected chi connectivity index (χ1v) is 9.88. The predicted molar refractivity (Wildman–Crippen MR) is 113 cm³/mol. The number of aromatic nitrogens is 1. The fraction of sp³-hybridized carbons (Fsp3) is 0.0476. The van der Waals surface area contributed by atoms with Crippen LogP contribution in [0.1, 0.15) is 31.1 Å². The van der Waals surface area contributed by atoms with Crippen LogP contribution in [0.4, 0.5) is 5.13 Å². The molecule has 1 aromatic heterocycles. The van der Waals surface area contributed by atoms with Crippen molar-refractivity contribution >= 4 is 45.8 Å². The molecule has 0 aliphatic carbocycles. The number of hydrogen-bond acceptors (Lipinski definition) is 5. The van der Waals surface area contributed by atoms with Gasteiger partial charge in [0.15, 0.2) is 5.13 Å². The second kappa shape index (κ2) is 7.62. The molecular weight excluding hydrogens is 410 g/mol. The molecule has 3 aromatic rings. The van der Waals surface area contributed by atoms with Crippen LogP contribution < -0.4 is 5.32 Å². The summed E-state index contributed by atoms with van der Waals surface area (Å²) in [5.41, 5.74) is 2.18. The van der Waals surface area contributed by atoms with Gasteiger partial charge in [0.25, 0.3) is 17.7 Å². The number of carbonyl (C=O) groups excluding carboxylic acids is 3. The Hall–Kier alpha value is -3.29. The molecule has 0 bridgehead atoms. The van der Waals surface area contributed by atoms with E-state index in [4.69, 9.17) is 11.6 Å². The molecule has 8 heteroatoms. The van der Waals surface area contributed by atoms with E-state index in [0.717, 1.165) is 10.5 Å². The maximum atomic E-state index is 12.6. The van der Waals surface area contributed by atoms with E-state index in [1.54, 1.807) is 11.4 Å². The third kappa shape index (κ3) is 3.46. The maximum absolute atomic E-state index is 12.6. The van der Waals surface area contributed by atoms with Gasteiger partial charge in [0.1, 0.15) is 0 Å². The maximum Gasteiger partial charge on any atom is 0.261 e. The zero-order valence-corrected chi connectivity index (χ0v) is 16.6. The van der Waals surface area contributed by atoms with E-state index in [1.807, 2.05) is 18.2 Å². The van der Waals surface area contributed by atoms with Gasteiger partial charge in [-0.25, -0.2) is 4.98 Å². The Labute approximate surface area is 175 Å². The van der Waals surface area contributed by atoms with Crippen molar-refractivity contribution in [1.29, 1.82) is 0 Å². The van der Waals surface area contributed by atoms with Crippen LogP contribution >= 0.6 is 22.9 Å². The standard InChI is InChI=1S/C21H14ClN3O3S/c1-2-9-25-19(27)13-8-7-12(10-15(13)20(25)28)18(26)24-21-23-17(11-29-21)14-5-3-4-6-16(14)22/h2-8,10-11H,1,9H2,(H,23,24,26). The zero-order chi connectivity index (χ0) is 20.5. The number of nitrogens with zero attached hydrogens (tertiary/aromatic N) is 2. The highest BCUT2D eigenvalue weighted by molar-refractivity contribution is 7.14. The van der Waals surface area contributed by atoms with E-state index in [2.05, 4.69) is 16.9 Å². The van der Waals surface area contributed by atoms with Gasteiger partial charge in [-0.2, -0.15) is 0 Å². The predicted octanol–water partition coefficient (Wildman–Crippen LogP) is 4.50. The number of fused-ring (bicyclic) bond motifs is 1. The number of anilines is 1. The van der Waals surface area contributed by atoms with Crippen molar-refractivity contribution in [3.63, 3.8) is 0 Å². The fourth-order valence-electron chi connectivity index (χ4n) is 3.02. The Morgan fingerprint density at radius 2 is 1.90 bits per heavy atom. The molecule has 144 valence electrons. The van der Waals surface area contributed by atoms with Crippen LogP contribution in [-0.2, 0) is 0 Å². The van der Waals surface area contributed by atoms with Crippen LogP contribution in [0.15, 0.2) is 60.5 Å². The van der Waals surface area contributed by atoms with Crippen molar-refractivity contribution in [3.8, 4) is 11.3 Å². The summed E-state index contributed by atoms with van der Waals surface area (Å²) >= 11 is 7.46. The highest BCUT2D eigenvalue weighted by Gasteiger charge is 2.35. The summed E-state index contributed by atoms with van der Waals surface area (Å²) in [5, 5.41) is 5.50. The molecule has 0 spiro atoms. The van der Waals surface area contributed by atoms with Gasteiger partial charge < -0.3 is 0 Å². The van der Waals surface area contributed by atoms with Crippen LogP contribution in [-0.4, -0.2) is 34.2 Å². The van der Waals surface area contributed by atoms with Crippen LogP contribution in [0.25, 0.3) is 11.3 Å². The molecule has 0 saturated heterocycles. The molecule has 2 heterocycles. The monoisotopic (exact) mass is 423 g/mol. The smallest absolute Gasteiger partial charge is 0.261 e. The first kappa shape index (κ1) is 19.0. The molecule has 0 saturated carbocycles. The number of amides is 3. The van der Waals surface area contributed by atoms with Crippen molar-refractivity contribution in [3.05, 3.63) is 82.2 Å². The number of thiazole rings is 1. The van der Waals surface area contributed by atoms with Crippen LogP contribution in [0.5, 0.6) is 0 Å². The summed E-state index contributed by atoms with van der Waals surface area (Å²) in [5.74, 6) is -1.24. The Kier molecular flexibility index (Phi) is 5.00. The quantitative estimate of drug-likeness (QED) is 0.484. The molecule has 6 nitrogen and oxygen atoms in total. The SMILES string of the molecule is C=CCN1C(=O)c2ccc(C(=O)Nc3nc(-c4ccccc4Cl)cs3)cc2C1=O. The Balaban J connectivity index is 1.55. The Morgan fingerprint density at radius 1 is 1.14 bits per heavy atom. The second-order valence-electron chi connectivity index (χ2n) is 6.24. The van der Waals surface area contributed by atoms with Gasteiger partial charge in [0.2, 0.25) is 0 Å². The van der Waals surface area contributed by atoms with Gasteiger partial charge in [-0.3, -0.25) is 24.6 Å². The van der Waals surface area contributed by atoms with Gasteiger partial charge in [0.05, 0.1) is 16.8 Å². The van der Waals surface area contributed by atoms with E-state index < -0.39 is 11.8 Å². The van der Waals surface area contributed by atoms with Crippen molar-refractivity contribution in [2.24, 2.45) is 0 Å². The lowest BCUT2D eigenvalue weighted by Crippen LogP contribution is -2.29. The molecule has 3 amide bonds. The molecule has 4 rings (SSSR count). The summed E-state index contributed by atoms with van der Waals surface area (Å²) in [7, 11) is 0. The van der Waals surface area contributed by atoms with Crippen molar-refractivity contribution in [1.82, 2.24) is 9.88 Å². The molecule has 0 atom stereocenters. The fourth-order valence-corrected chi connectivity index (χ4v) is 3.96. The van der Waals surface area contributed by atoms with Gasteiger partial charge >= 0.3 is 0 Å². The Bertz CT molecular complexity index is 1170. The third-order valence-electron chi connectivity index (χ3n) is 4.42. The number of carbonyl (C=O) groups is 3. The molecule has 29 heavy (non-hydrogen) atoms. The van der Waals surface area contributed by atoms with Gasteiger partial charge in [0, 0.05) is 28.1 Å². The van der Waals surface area contributed by atoms with Gasteiger partial charge in [-0.15, -0.1) is 17.9 Å². The number of rotatable bonds is 5. The van der Waals surface area contributed by atoms with E-state index in [-0.39, 0.29) is 29.1 Å². The summed E-state index contributed by atoms with van der Waals surface area (Å²) in [4.78, 5) is 42.8. The van der Waals surface area contributed by atoms with E-state index in [1.165, 1.54) is 35.6 Å². The van der Waals surface area contributed by atoms with E-state index in [0.29, 0.717) is 15.8 Å². The first-order chi connectivity index (χ1) is 14.0. The van der Waals surface area contributed by atoms with Gasteiger partial charge in [-0.1, -0.05) is 35.9 Å². The van der Waals surface area contributed by atoms with E-state index in [9.17, 15) is 14.4 Å². The lowest BCUT2D eigenvalue weighted by atomic mass is 10.1. The number of halogens is 1. The normalized spacial score (nSPS) is 12.8. The molecule has 2 aromatic carbocycles.